The molecule has 0 bridgehead atoms. The molecule has 0 aliphatic rings. The van der Waals surface area contributed by atoms with Crippen LogP contribution in [0.5, 0.6) is 5.75 Å². The van der Waals surface area contributed by atoms with Gasteiger partial charge in [-0.1, -0.05) is 38.3 Å². The Hall–Kier alpha value is -1.02. The summed E-state index contributed by atoms with van der Waals surface area (Å²) in [6, 6.07) is 8.67. The second-order valence-electron chi connectivity index (χ2n) is 4.51. The van der Waals surface area contributed by atoms with Gasteiger partial charge in [0.1, 0.15) is 5.75 Å². The largest absolute Gasteiger partial charge is 0.497 e. The van der Waals surface area contributed by atoms with Gasteiger partial charge in [0, 0.05) is 6.04 Å². The Kier molecular flexibility index (Phi) is 6.71. The van der Waals surface area contributed by atoms with E-state index in [4.69, 9.17) is 4.74 Å². The second-order valence-corrected chi connectivity index (χ2v) is 4.51. The fourth-order valence-corrected chi connectivity index (χ4v) is 1.90. The van der Waals surface area contributed by atoms with Crippen LogP contribution in [0.25, 0.3) is 0 Å². The number of ether oxygens (including phenoxy) is 1. The normalized spacial score (nSPS) is 12.4. The van der Waals surface area contributed by atoms with Crippen LogP contribution in [0, 0.1) is 0 Å². The van der Waals surface area contributed by atoms with Gasteiger partial charge in [0.05, 0.1) is 7.11 Å². The Labute approximate surface area is 105 Å². The summed E-state index contributed by atoms with van der Waals surface area (Å²) in [5.41, 5.74) is 1.29. The van der Waals surface area contributed by atoms with Crippen molar-refractivity contribution >= 4 is 0 Å². The van der Waals surface area contributed by atoms with Gasteiger partial charge < -0.3 is 10.1 Å². The molecule has 0 fully saturated rings. The van der Waals surface area contributed by atoms with E-state index in [-0.39, 0.29) is 0 Å². The molecule has 1 rings (SSSR count). The average Bonchev–Trinajstić information content (AvgIpc) is 2.38. The number of rotatable bonds is 8. The highest BCUT2D eigenvalue weighted by atomic mass is 16.5. The SMILES string of the molecule is CCCCCCNC(C)c1cccc(OC)c1. The molecule has 1 atom stereocenters. The molecule has 0 aliphatic carbocycles. The Balaban J connectivity index is 2.33. The molecule has 0 aliphatic heterocycles. The highest BCUT2D eigenvalue weighted by molar-refractivity contribution is 5.30. The van der Waals surface area contributed by atoms with Crippen LogP contribution < -0.4 is 10.1 Å². The zero-order chi connectivity index (χ0) is 12.5. The monoisotopic (exact) mass is 235 g/mol. The van der Waals surface area contributed by atoms with Crippen molar-refractivity contribution < 1.29 is 4.74 Å². The van der Waals surface area contributed by atoms with Crippen molar-refractivity contribution in [3.05, 3.63) is 29.8 Å². The van der Waals surface area contributed by atoms with E-state index in [0.717, 1.165) is 12.3 Å². The minimum Gasteiger partial charge on any atom is -0.497 e. The van der Waals surface area contributed by atoms with Crippen molar-refractivity contribution in [1.29, 1.82) is 0 Å². The van der Waals surface area contributed by atoms with Crippen LogP contribution in [-0.2, 0) is 0 Å². The van der Waals surface area contributed by atoms with Crippen molar-refractivity contribution in [2.24, 2.45) is 0 Å². The summed E-state index contributed by atoms with van der Waals surface area (Å²) in [7, 11) is 1.71. The molecule has 0 aromatic heterocycles. The molecule has 0 radical (unpaired) electrons. The predicted molar refractivity (Wildman–Crippen MR) is 73.6 cm³/mol. The van der Waals surface area contributed by atoms with E-state index in [1.54, 1.807) is 7.11 Å². The van der Waals surface area contributed by atoms with Crippen molar-refractivity contribution in [2.75, 3.05) is 13.7 Å². The molecule has 2 nitrogen and oxygen atoms in total. The first-order valence-corrected chi connectivity index (χ1v) is 6.65. The first-order valence-electron chi connectivity index (χ1n) is 6.65. The van der Waals surface area contributed by atoms with Gasteiger partial charge in [-0.15, -0.1) is 0 Å². The van der Waals surface area contributed by atoms with Gasteiger partial charge >= 0.3 is 0 Å². The van der Waals surface area contributed by atoms with E-state index in [0.29, 0.717) is 6.04 Å². The van der Waals surface area contributed by atoms with Gasteiger partial charge in [-0.3, -0.25) is 0 Å². The molecule has 1 aromatic carbocycles. The second kappa shape index (κ2) is 8.13. The summed E-state index contributed by atoms with van der Waals surface area (Å²) in [6.45, 7) is 5.54. The lowest BCUT2D eigenvalue weighted by molar-refractivity contribution is 0.413. The maximum Gasteiger partial charge on any atom is 0.119 e. The standard InChI is InChI=1S/C15H25NO/c1-4-5-6-7-11-16-13(2)14-9-8-10-15(12-14)17-3/h8-10,12-13,16H,4-7,11H2,1-3H3. The maximum atomic E-state index is 5.23. The number of nitrogens with one attached hydrogen (secondary N) is 1. The molecule has 0 saturated carbocycles. The van der Waals surface area contributed by atoms with Gasteiger partial charge in [-0.05, 0) is 37.6 Å². The Morgan fingerprint density at radius 1 is 1.24 bits per heavy atom. The van der Waals surface area contributed by atoms with E-state index >= 15 is 0 Å². The molecule has 0 saturated heterocycles. The molecule has 0 spiro atoms. The molecule has 96 valence electrons. The minimum absolute atomic E-state index is 0.395. The molecule has 1 unspecified atom stereocenters. The third-order valence-electron chi connectivity index (χ3n) is 3.07. The van der Waals surface area contributed by atoms with E-state index in [2.05, 4.69) is 31.3 Å². The lowest BCUT2D eigenvalue weighted by Gasteiger charge is -2.15. The lowest BCUT2D eigenvalue weighted by Crippen LogP contribution is -2.19. The van der Waals surface area contributed by atoms with Gasteiger partial charge in [0.2, 0.25) is 0 Å². The van der Waals surface area contributed by atoms with Crippen molar-refractivity contribution in [1.82, 2.24) is 5.32 Å². The van der Waals surface area contributed by atoms with Crippen LogP contribution in [0.15, 0.2) is 24.3 Å². The first-order chi connectivity index (χ1) is 8.27. The Morgan fingerprint density at radius 2 is 2.06 bits per heavy atom. The number of methoxy groups -OCH3 is 1. The molecule has 0 heterocycles. The molecule has 17 heavy (non-hydrogen) atoms. The maximum absolute atomic E-state index is 5.23. The third kappa shape index (κ3) is 5.22. The van der Waals surface area contributed by atoms with E-state index in [1.807, 2.05) is 12.1 Å². The highest BCUT2D eigenvalue weighted by Crippen LogP contribution is 2.18. The van der Waals surface area contributed by atoms with Crippen LogP contribution in [0.3, 0.4) is 0 Å². The van der Waals surface area contributed by atoms with Gasteiger partial charge in [-0.2, -0.15) is 0 Å². The van der Waals surface area contributed by atoms with Crippen LogP contribution in [0.4, 0.5) is 0 Å². The smallest absolute Gasteiger partial charge is 0.119 e. The summed E-state index contributed by atoms with van der Waals surface area (Å²) in [5.74, 6) is 0.933. The van der Waals surface area contributed by atoms with Gasteiger partial charge in [0.15, 0.2) is 0 Å². The molecule has 2 heteroatoms. The first kappa shape index (κ1) is 14.0. The summed E-state index contributed by atoms with van der Waals surface area (Å²) >= 11 is 0. The molecular weight excluding hydrogens is 210 g/mol. The summed E-state index contributed by atoms with van der Waals surface area (Å²) in [5, 5.41) is 3.55. The van der Waals surface area contributed by atoms with Crippen molar-refractivity contribution in [2.45, 2.75) is 45.6 Å². The molecule has 1 N–H and O–H groups in total. The number of hydrogen-bond donors (Lipinski definition) is 1. The van der Waals surface area contributed by atoms with E-state index in [1.165, 1.54) is 31.2 Å². The number of unbranched alkanes of at least 4 members (excludes halogenated alkanes) is 3. The fourth-order valence-electron chi connectivity index (χ4n) is 1.90. The van der Waals surface area contributed by atoms with E-state index < -0.39 is 0 Å². The molecule has 0 amide bonds. The van der Waals surface area contributed by atoms with Crippen molar-refractivity contribution in [3.63, 3.8) is 0 Å². The van der Waals surface area contributed by atoms with Gasteiger partial charge in [0.25, 0.3) is 0 Å². The van der Waals surface area contributed by atoms with Crippen LogP contribution >= 0.6 is 0 Å². The van der Waals surface area contributed by atoms with E-state index in [9.17, 15) is 0 Å². The average molecular weight is 235 g/mol. The number of hydrogen-bond acceptors (Lipinski definition) is 2. The van der Waals surface area contributed by atoms with Crippen LogP contribution in [-0.4, -0.2) is 13.7 Å². The zero-order valence-corrected chi connectivity index (χ0v) is 11.3. The Morgan fingerprint density at radius 3 is 2.76 bits per heavy atom. The Bertz CT molecular complexity index is 312. The predicted octanol–water partition coefficient (Wildman–Crippen LogP) is 3.93. The summed E-state index contributed by atoms with van der Waals surface area (Å²) < 4.78 is 5.23. The summed E-state index contributed by atoms with van der Waals surface area (Å²) in [6.07, 6.45) is 5.23. The van der Waals surface area contributed by atoms with Crippen LogP contribution in [0.1, 0.15) is 51.1 Å². The fraction of sp³-hybridized carbons (Fsp3) is 0.600. The van der Waals surface area contributed by atoms with Gasteiger partial charge in [-0.25, -0.2) is 0 Å². The quantitative estimate of drug-likeness (QED) is 0.689. The lowest BCUT2D eigenvalue weighted by atomic mass is 10.1. The number of benzene rings is 1. The van der Waals surface area contributed by atoms with Crippen molar-refractivity contribution in [3.8, 4) is 5.75 Å². The minimum atomic E-state index is 0.395. The third-order valence-corrected chi connectivity index (χ3v) is 3.07. The topological polar surface area (TPSA) is 21.3 Å². The zero-order valence-electron chi connectivity index (χ0n) is 11.3. The highest BCUT2D eigenvalue weighted by Gasteiger charge is 2.04. The molecular formula is C15H25NO. The van der Waals surface area contributed by atoms with Crippen LogP contribution in [0.2, 0.25) is 0 Å². The molecule has 1 aromatic rings. The summed E-state index contributed by atoms with van der Waals surface area (Å²) in [4.78, 5) is 0.